The van der Waals surface area contributed by atoms with Gasteiger partial charge in [0.1, 0.15) is 0 Å². The number of nitrogens with one attached hydrogen (secondary N) is 1. The number of likely N-dealkylation sites (tertiary alicyclic amines) is 1. The van der Waals surface area contributed by atoms with Crippen LogP contribution < -0.4 is 5.32 Å². The van der Waals surface area contributed by atoms with E-state index in [0.29, 0.717) is 18.4 Å². The Balaban J connectivity index is 2.27. The van der Waals surface area contributed by atoms with E-state index in [1.54, 1.807) is 0 Å². The largest absolute Gasteiger partial charge is 0.343 e. The third-order valence-electron chi connectivity index (χ3n) is 3.62. The highest BCUT2D eigenvalue weighted by Crippen LogP contribution is 2.18. The molecule has 4 nitrogen and oxygen atoms in total. The maximum atomic E-state index is 12.1. The summed E-state index contributed by atoms with van der Waals surface area (Å²) in [6.45, 7) is 8.12. The maximum Gasteiger partial charge on any atom is 0.224 e. The summed E-state index contributed by atoms with van der Waals surface area (Å²) < 4.78 is 0. The van der Waals surface area contributed by atoms with Gasteiger partial charge < -0.3 is 15.1 Å². The van der Waals surface area contributed by atoms with Crippen LogP contribution in [0.5, 0.6) is 0 Å². The summed E-state index contributed by atoms with van der Waals surface area (Å²) in [6, 6.07) is 0.294. The van der Waals surface area contributed by atoms with E-state index in [-0.39, 0.29) is 0 Å². The summed E-state index contributed by atoms with van der Waals surface area (Å²) in [6.07, 6.45) is 2.94. The van der Waals surface area contributed by atoms with Gasteiger partial charge in [-0.05, 0) is 46.3 Å². The van der Waals surface area contributed by atoms with E-state index in [2.05, 4.69) is 38.2 Å². The molecule has 0 spiro atoms. The van der Waals surface area contributed by atoms with Gasteiger partial charge in [-0.3, -0.25) is 4.79 Å². The molecule has 1 unspecified atom stereocenters. The lowest BCUT2D eigenvalue weighted by molar-refractivity contribution is -0.133. The topological polar surface area (TPSA) is 35.6 Å². The zero-order chi connectivity index (χ0) is 13.5. The van der Waals surface area contributed by atoms with Crippen LogP contribution in [-0.2, 0) is 4.79 Å². The van der Waals surface area contributed by atoms with Crippen molar-refractivity contribution in [2.24, 2.45) is 5.92 Å². The molecule has 0 radical (unpaired) electrons. The maximum absolute atomic E-state index is 12.1. The van der Waals surface area contributed by atoms with Crippen LogP contribution in [0.15, 0.2) is 0 Å². The predicted molar refractivity (Wildman–Crippen MR) is 75.6 cm³/mol. The Morgan fingerprint density at radius 3 is 2.50 bits per heavy atom. The summed E-state index contributed by atoms with van der Waals surface area (Å²) in [5.41, 5.74) is 0. The van der Waals surface area contributed by atoms with Crippen LogP contribution in [-0.4, -0.2) is 62.0 Å². The second kappa shape index (κ2) is 7.74. The number of hydrogen-bond donors (Lipinski definition) is 1. The molecule has 0 aromatic heterocycles. The average Bonchev–Trinajstić information content (AvgIpc) is 2.29. The molecule has 0 saturated carbocycles. The first-order chi connectivity index (χ1) is 8.52. The zero-order valence-electron chi connectivity index (χ0n) is 12.4. The zero-order valence-corrected chi connectivity index (χ0v) is 12.4. The van der Waals surface area contributed by atoms with Crippen molar-refractivity contribution in [1.29, 1.82) is 0 Å². The Hall–Kier alpha value is -0.610. The van der Waals surface area contributed by atoms with Crippen LogP contribution in [0.2, 0.25) is 0 Å². The molecule has 106 valence electrons. The van der Waals surface area contributed by atoms with E-state index in [1.165, 1.54) is 0 Å². The second-order valence-electron chi connectivity index (χ2n) is 5.75. The van der Waals surface area contributed by atoms with Crippen LogP contribution in [0, 0.1) is 5.92 Å². The molecule has 1 N–H and O–H groups in total. The first kappa shape index (κ1) is 15.4. The van der Waals surface area contributed by atoms with Gasteiger partial charge in [-0.2, -0.15) is 0 Å². The Bertz CT molecular complexity index is 247. The molecule has 1 rings (SSSR count). The van der Waals surface area contributed by atoms with Gasteiger partial charge in [0.15, 0.2) is 0 Å². The molecule has 1 atom stereocenters. The smallest absolute Gasteiger partial charge is 0.224 e. The van der Waals surface area contributed by atoms with Gasteiger partial charge in [-0.15, -0.1) is 0 Å². The number of carbonyl (C=O) groups is 1. The monoisotopic (exact) mass is 255 g/mol. The lowest BCUT2D eigenvalue weighted by Crippen LogP contribution is -2.42. The quantitative estimate of drug-likeness (QED) is 0.774. The van der Waals surface area contributed by atoms with Gasteiger partial charge in [-0.1, -0.05) is 6.92 Å². The van der Waals surface area contributed by atoms with Crippen molar-refractivity contribution in [3.8, 4) is 0 Å². The van der Waals surface area contributed by atoms with Crippen LogP contribution in [0.3, 0.4) is 0 Å². The SMILES string of the molecule is CCNC(C)CC(=O)N1CCC(CN(C)C)CC1. The first-order valence-electron chi connectivity index (χ1n) is 7.18. The Morgan fingerprint density at radius 2 is 2.00 bits per heavy atom. The summed E-state index contributed by atoms with van der Waals surface area (Å²) in [5.74, 6) is 1.07. The minimum Gasteiger partial charge on any atom is -0.343 e. The number of carbonyl (C=O) groups excluding carboxylic acids is 1. The highest BCUT2D eigenvalue weighted by Gasteiger charge is 2.23. The van der Waals surface area contributed by atoms with Crippen molar-refractivity contribution in [2.75, 3.05) is 40.3 Å². The lowest BCUT2D eigenvalue weighted by Gasteiger charge is -2.33. The minimum atomic E-state index is 0.294. The highest BCUT2D eigenvalue weighted by molar-refractivity contribution is 5.76. The van der Waals surface area contributed by atoms with Crippen LogP contribution in [0.4, 0.5) is 0 Å². The highest BCUT2D eigenvalue weighted by atomic mass is 16.2. The fourth-order valence-electron chi connectivity index (χ4n) is 2.69. The van der Waals surface area contributed by atoms with Gasteiger partial charge in [0.05, 0.1) is 0 Å². The normalized spacial score (nSPS) is 19.3. The van der Waals surface area contributed by atoms with Gasteiger partial charge in [0.2, 0.25) is 5.91 Å². The third kappa shape index (κ3) is 5.36. The number of rotatable bonds is 6. The predicted octanol–water partition coefficient (Wildman–Crippen LogP) is 1.17. The van der Waals surface area contributed by atoms with E-state index in [0.717, 1.165) is 44.9 Å². The van der Waals surface area contributed by atoms with Crippen molar-refractivity contribution in [3.05, 3.63) is 0 Å². The molecular weight excluding hydrogens is 226 g/mol. The van der Waals surface area contributed by atoms with Crippen molar-refractivity contribution in [3.63, 3.8) is 0 Å². The minimum absolute atomic E-state index is 0.294. The fourth-order valence-corrected chi connectivity index (χ4v) is 2.69. The van der Waals surface area contributed by atoms with Crippen molar-refractivity contribution in [1.82, 2.24) is 15.1 Å². The molecule has 1 saturated heterocycles. The van der Waals surface area contributed by atoms with Gasteiger partial charge in [0.25, 0.3) is 0 Å². The molecule has 1 heterocycles. The van der Waals surface area contributed by atoms with E-state index in [1.807, 2.05) is 4.90 Å². The number of amides is 1. The molecule has 18 heavy (non-hydrogen) atoms. The summed E-state index contributed by atoms with van der Waals surface area (Å²) in [7, 11) is 4.24. The molecular formula is C14H29N3O. The van der Waals surface area contributed by atoms with E-state index >= 15 is 0 Å². The number of piperidine rings is 1. The molecule has 1 amide bonds. The standard InChI is InChI=1S/C14H29N3O/c1-5-15-12(2)10-14(18)17-8-6-13(7-9-17)11-16(3)4/h12-13,15H,5-11H2,1-4H3. The first-order valence-corrected chi connectivity index (χ1v) is 7.18. The average molecular weight is 255 g/mol. The summed E-state index contributed by atoms with van der Waals surface area (Å²) in [4.78, 5) is 16.4. The Labute approximate surface area is 112 Å². The lowest BCUT2D eigenvalue weighted by atomic mass is 9.96. The number of hydrogen-bond acceptors (Lipinski definition) is 3. The Kier molecular flexibility index (Phi) is 6.65. The van der Waals surface area contributed by atoms with E-state index in [9.17, 15) is 4.79 Å². The van der Waals surface area contributed by atoms with Crippen molar-refractivity contribution in [2.45, 2.75) is 39.2 Å². The second-order valence-corrected chi connectivity index (χ2v) is 5.75. The van der Waals surface area contributed by atoms with E-state index < -0.39 is 0 Å². The molecule has 0 bridgehead atoms. The van der Waals surface area contributed by atoms with Gasteiger partial charge in [0, 0.05) is 32.1 Å². The van der Waals surface area contributed by atoms with E-state index in [4.69, 9.17) is 0 Å². The summed E-state index contributed by atoms with van der Waals surface area (Å²) >= 11 is 0. The van der Waals surface area contributed by atoms with Crippen LogP contribution in [0.25, 0.3) is 0 Å². The molecule has 1 fully saturated rings. The molecule has 0 aliphatic carbocycles. The van der Waals surface area contributed by atoms with Gasteiger partial charge in [-0.25, -0.2) is 0 Å². The molecule has 1 aliphatic heterocycles. The van der Waals surface area contributed by atoms with Crippen LogP contribution in [0.1, 0.15) is 33.1 Å². The van der Waals surface area contributed by atoms with Crippen molar-refractivity contribution >= 4 is 5.91 Å². The van der Waals surface area contributed by atoms with Gasteiger partial charge >= 0.3 is 0 Å². The Morgan fingerprint density at radius 1 is 1.39 bits per heavy atom. The fraction of sp³-hybridized carbons (Fsp3) is 0.929. The molecule has 1 aliphatic rings. The van der Waals surface area contributed by atoms with Crippen LogP contribution >= 0.6 is 0 Å². The molecule has 0 aromatic carbocycles. The third-order valence-corrected chi connectivity index (χ3v) is 3.62. The molecule has 4 heteroatoms. The number of nitrogens with zero attached hydrogens (tertiary/aromatic N) is 2. The molecule has 0 aromatic rings. The summed E-state index contributed by atoms with van der Waals surface area (Å²) in [5, 5.41) is 3.30. The van der Waals surface area contributed by atoms with Crippen molar-refractivity contribution < 1.29 is 4.79 Å².